The molecule has 0 saturated heterocycles. The molecule has 16 heavy (non-hydrogen) atoms. The highest BCUT2D eigenvalue weighted by molar-refractivity contribution is 7.99. The first-order valence-electron chi connectivity index (χ1n) is 4.67. The van der Waals surface area contributed by atoms with E-state index in [1.54, 1.807) is 23.2 Å². The van der Waals surface area contributed by atoms with E-state index in [4.69, 9.17) is 6.42 Å². The summed E-state index contributed by atoms with van der Waals surface area (Å²) >= 11 is 2.85. The van der Waals surface area contributed by atoms with Gasteiger partial charge in [-0.15, -0.1) is 18.2 Å². The Morgan fingerprint density at radius 1 is 1.69 bits per heavy atom. The molecule has 0 aromatic carbocycles. The van der Waals surface area contributed by atoms with Crippen LogP contribution in [0, 0.1) is 22.5 Å². The van der Waals surface area contributed by atoms with Gasteiger partial charge in [-0.3, -0.25) is 10.1 Å². The summed E-state index contributed by atoms with van der Waals surface area (Å²) in [5.41, 5.74) is 0.957. The second-order valence-corrected chi connectivity index (χ2v) is 4.98. The third-order valence-electron chi connectivity index (χ3n) is 1.76. The van der Waals surface area contributed by atoms with Gasteiger partial charge in [0.2, 0.25) is 0 Å². The highest BCUT2D eigenvalue weighted by Crippen LogP contribution is 2.22. The van der Waals surface area contributed by atoms with E-state index in [0.29, 0.717) is 6.54 Å². The zero-order valence-corrected chi connectivity index (χ0v) is 10.3. The average molecular weight is 256 g/mol. The second-order valence-electron chi connectivity index (χ2n) is 2.98. The zero-order chi connectivity index (χ0) is 11.8. The SMILES string of the molecule is C#CCSCCNCc1csc([N+](=O)[O-])c1. The second kappa shape index (κ2) is 7.28. The first kappa shape index (κ1) is 13.0. The van der Waals surface area contributed by atoms with Crippen LogP contribution in [0.15, 0.2) is 11.4 Å². The standard InChI is InChI=1S/C10H12N2O2S2/c1-2-4-15-5-3-11-7-9-6-10(12(13)14)16-8-9/h1,6,8,11H,3-5,7H2. The summed E-state index contributed by atoms with van der Waals surface area (Å²) in [6, 6.07) is 1.60. The van der Waals surface area contributed by atoms with Gasteiger partial charge in [0.15, 0.2) is 0 Å². The lowest BCUT2D eigenvalue weighted by molar-refractivity contribution is -0.380. The molecule has 1 rings (SSSR count). The monoisotopic (exact) mass is 256 g/mol. The molecule has 1 N–H and O–H groups in total. The zero-order valence-electron chi connectivity index (χ0n) is 8.64. The summed E-state index contributed by atoms with van der Waals surface area (Å²) in [5.74, 6) is 4.24. The number of hydrogen-bond donors (Lipinski definition) is 1. The van der Waals surface area contributed by atoms with Crippen LogP contribution in [-0.4, -0.2) is 23.0 Å². The molecule has 0 bridgehead atoms. The maximum Gasteiger partial charge on any atom is 0.324 e. The summed E-state index contributed by atoms with van der Waals surface area (Å²) in [6.45, 7) is 1.52. The van der Waals surface area contributed by atoms with Gasteiger partial charge in [0.25, 0.3) is 0 Å². The summed E-state index contributed by atoms with van der Waals surface area (Å²) < 4.78 is 0. The molecule has 1 aromatic rings. The number of thioether (sulfide) groups is 1. The third kappa shape index (κ3) is 4.66. The van der Waals surface area contributed by atoms with E-state index in [1.165, 1.54) is 0 Å². The quantitative estimate of drug-likeness (QED) is 0.351. The number of hydrogen-bond acceptors (Lipinski definition) is 5. The third-order valence-corrected chi connectivity index (χ3v) is 3.55. The fourth-order valence-corrected chi connectivity index (χ4v) is 2.34. The van der Waals surface area contributed by atoms with Crippen molar-refractivity contribution in [3.63, 3.8) is 0 Å². The minimum Gasteiger partial charge on any atom is -0.312 e. The molecule has 86 valence electrons. The molecule has 4 nitrogen and oxygen atoms in total. The van der Waals surface area contributed by atoms with Crippen LogP contribution in [0.5, 0.6) is 0 Å². The van der Waals surface area contributed by atoms with E-state index < -0.39 is 0 Å². The van der Waals surface area contributed by atoms with Gasteiger partial charge in [0, 0.05) is 30.3 Å². The molecular weight excluding hydrogens is 244 g/mol. The Balaban J connectivity index is 2.17. The molecule has 0 radical (unpaired) electrons. The predicted octanol–water partition coefficient (Wildman–Crippen LogP) is 2.11. The van der Waals surface area contributed by atoms with Crippen molar-refractivity contribution in [2.45, 2.75) is 6.54 Å². The van der Waals surface area contributed by atoms with Crippen molar-refractivity contribution in [1.29, 1.82) is 0 Å². The maximum atomic E-state index is 10.4. The fourth-order valence-electron chi connectivity index (χ4n) is 1.06. The van der Waals surface area contributed by atoms with Crippen molar-refractivity contribution < 1.29 is 4.92 Å². The molecule has 0 aliphatic carbocycles. The largest absolute Gasteiger partial charge is 0.324 e. The minimum absolute atomic E-state index is 0.193. The Kier molecular flexibility index (Phi) is 5.93. The molecule has 1 heterocycles. The number of nitrogens with one attached hydrogen (secondary N) is 1. The van der Waals surface area contributed by atoms with Crippen LogP contribution in [0.25, 0.3) is 0 Å². The lowest BCUT2D eigenvalue weighted by Gasteiger charge is -2.00. The molecule has 0 fully saturated rings. The Morgan fingerprint density at radius 3 is 3.12 bits per heavy atom. The minimum atomic E-state index is -0.364. The van der Waals surface area contributed by atoms with Crippen molar-refractivity contribution >= 4 is 28.1 Å². The number of thiophene rings is 1. The molecule has 0 amide bonds. The Hall–Kier alpha value is -1.03. The summed E-state index contributed by atoms with van der Waals surface area (Å²) in [7, 11) is 0. The highest BCUT2D eigenvalue weighted by Gasteiger charge is 2.08. The molecule has 6 heteroatoms. The Labute approximate surface area is 103 Å². The van der Waals surface area contributed by atoms with Crippen molar-refractivity contribution in [3.8, 4) is 12.3 Å². The van der Waals surface area contributed by atoms with Crippen LogP contribution in [0.3, 0.4) is 0 Å². The number of nitrogens with zero attached hydrogens (tertiary/aromatic N) is 1. The van der Waals surface area contributed by atoms with Crippen LogP contribution >= 0.6 is 23.1 Å². The average Bonchev–Trinajstić information content (AvgIpc) is 2.72. The lowest BCUT2D eigenvalue weighted by atomic mass is 10.3. The predicted molar refractivity (Wildman–Crippen MR) is 68.8 cm³/mol. The normalized spacial score (nSPS) is 9.94. The van der Waals surface area contributed by atoms with Gasteiger partial charge in [0.05, 0.1) is 10.7 Å². The smallest absolute Gasteiger partial charge is 0.312 e. The summed E-state index contributed by atoms with van der Waals surface area (Å²) in [5, 5.41) is 15.6. The molecular formula is C10H12N2O2S2. The van der Waals surface area contributed by atoms with Crippen LogP contribution in [0.1, 0.15) is 5.56 Å². The van der Waals surface area contributed by atoms with Crippen LogP contribution < -0.4 is 5.32 Å². The molecule has 1 aromatic heterocycles. The molecule has 0 spiro atoms. The van der Waals surface area contributed by atoms with Crippen molar-refractivity contribution in [1.82, 2.24) is 5.32 Å². The fraction of sp³-hybridized carbons (Fsp3) is 0.400. The summed E-state index contributed by atoms with van der Waals surface area (Å²) in [4.78, 5) is 10.1. The first-order valence-corrected chi connectivity index (χ1v) is 6.71. The lowest BCUT2D eigenvalue weighted by Crippen LogP contribution is -2.16. The van der Waals surface area contributed by atoms with Crippen molar-refractivity contribution in [2.24, 2.45) is 0 Å². The Bertz CT molecular complexity index is 384. The number of terminal acetylenes is 1. The van der Waals surface area contributed by atoms with Crippen LogP contribution in [0.4, 0.5) is 5.00 Å². The number of rotatable bonds is 7. The molecule has 0 aliphatic rings. The van der Waals surface area contributed by atoms with E-state index in [9.17, 15) is 10.1 Å². The van der Waals surface area contributed by atoms with Gasteiger partial charge < -0.3 is 5.32 Å². The van der Waals surface area contributed by atoms with E-state index >= 15 is 0 Å². The van der Waals surface area contributed by atoms with Crippen molar-refractivity contribution in [3.05, 3.63) is 27.1 Å². The Morgan fingerprint density at radius 2 is 2.50 bits per heavy atom. The van der Waals surface area contributed by atoms with Crippen molar-refractivity contribution in [2.75, 3.05) is 18.1 Å². The first-order chi connectivity index (χ1) is 7.74. The van der Waals surface area contributed by atoms with E-state index in [1.807, 2.05) is 0 Å². The summed E-state index contributed by atoms with van der Waals surface area (Å²) in [6.07, 6.45) is 5.11. The highest BCUT2D eigenvalue weighted by atomic mass is 32.2. The maximum absolute atomic E-state index is 10.4. The van der Waals surface area contributed by atoms with E-state index in [-0.39, 0.29) is 9.92 Å². The van der Waals surface area contributed by atoms with E-state index in [0.717, 1.165) is 35.0 Å². The van der Waals surface area contributed by atoms with Gasteiger partial charge >= 0.3 is 5.00 Å². The molecule has 0 atom stereocenters. The molecule has 0 saturated carbocycles. The molecule has 0 aliphatic heterocycles. The van der Waals surface area contributed by atoms with Gasteiger partial charge in [0.1, 0.15) is 0 Å². The van der Waals surface area contributed by atoms with Crippen LogP contribution in [0.2, 0.25) is 0 Å². The topological polar surface area (TPSA) is 55.2 Å². The van der Waals surface area contributed by atoms with Gasteiger partial charge in [-0.05, 0) is 5.56 Å². The van der Waals surface area contributed by atoms with Gasteiger partial charge in [-0.25, -0.2) is 0 Å². The van der Waals surface area contributed by atoms with Gasteiger partial charge in [-0.2, -0.15) is 0 Å². The van der Waals surface area contributed by atoms with Gasteiger partial charge in [-0.1, -0.05) is 17.3 Å². The van der Waals surface area contributed by atoms with Crippen LogP contribution in [-0.2, 0) is 6.54 Å². The molecule has 0 unspecified atom stereocenters. The van der Waals surface area contributed by atoms with E-state index in [2.05, 4.69) is 11.2 Å². The number of nitro groups is 1.